The monoisotopic (exact) mass is 325 g/mol. The molecule has 1 heterocycles. The molecule has 0 aliphatic heterocycles. The third-order valence-electron chi connectivity index (χ3n) is 2.68. The lowest BCUT2D eigenvalue weighted by Gasteiger charge is -2.10. The number of halogens is 1. The van der Waals surface area contributed by atoms with Crippen LogP contribution in [0.4, 0.5) is 11.4 Å². The maximum Gasteiger partial charge on any atom is 0.197 e. The Morgan fingerprint density at radius 1 is 1.35 bits per heavy atom. The maximum absolute atomic E-state index is 7.97. The molecule has 0 unspecified atom stereocenters. The molecule has 20 heavy (non-hydrogen) atoms. The maximum atomic E-state index is 7.97. The van der Waals surface area contributed by atoms with Crippen LogP contribution in [-0.4, -0.2) is 12.2 Å². The average Bonchev–Trinajstić information content (AvgIpc) is 2.79. The van der Waals surface area contributed by atoms with Crippen molar-refractivity contribution >= 4 is 52.0 Å². The van der Waals surface area contributed by atoms with Gasteiger partial charge in [-0.15, -0.1) is 23.1 Å². The van der Waals surface area contributed by atoms with Gasteiger partial charge in [0, 0.05) is 15.5 Å². The van der Waals surface area contributed by atoms with Gasteiger partial charge in [0.1, 0.15) is 4.34 Å². The highest BCUT2D eigenvalue weighted by atomic mass is 35.5. The second-order valence-corrected chi connectivity index (χ2v) is 6.73. The van der Waals surface area contributed by atoms with E-state index in [9.17, 15) is 0 Å². The molecule has 106 valence electrons. The number of aryl methyl sites for hydroxylation is 1. The molecule has 0 saturated heterocycles. The molecule has 1 aromatic heterocycles. The number of benzene rings is 1. The van der Waals surface area contributed by atoms with Gasteiger partial charge in [-0.05, 0) is 36.9 Å². The van der Waals surface area contributed by atoms with Crippen molar-refractivity contribution in [1.29, 1.82) is 5.41 Å². The van der Waals surface area contributed by atoms with Crippen LogP contribution in [0.2, 0.25) is 4.34 Å². The van der Waals surface area contributed by atoms with Crippen LogP contribution in [0.5, 0.6) is 0 Å². The van der Waals surface area contributed by atoms with Crippen LogP contribution in [0, 0.1) is 5.41 Å². The van der Waals surface area contributed by atoms with Crippen molar-refractivity contribution < 1.29 is 0 Å². The number of thiophene rings is 1. The van der Waals surface area contributed by atoms with Crippen molar-refractivity contribution in [2.45, 2.75) is 18.2 Å². The van der Waals surface area contributed by atoms with E-state index in [1.807, 2.05) is 36.6 Å². The van der Waals surface area contributed by atoms with E-state index in [0.717, 1.165) is 22.7 Å². The topological polar surface area (TPSA) is 47.9 Å². The number of hydrogen-bond donors (Lipinski definition) is 3. The summed E-state index contributed by atoms with van der Waals surface area (Å²) in [6, 6.07) is 9.93. The normalized spacial score (nSPS) is 10.3. The largest absolute Gasteiger partial charge is 0.326 e. The van der Waals surface area contributed by atoms with Crippen molar-refractivity contribution in [2.24, 2.45) is 0 Å². The van der Waals surface area contributed by atoms with E-state index >= 15 is 0 Å². The summed E-state index contributed by atoms with van der Waals surface area (Å²) < 4.78 is 0.686. The molecule has 0 spiro atoms. The number of rotatable bonds is 4. The molecule has 0 aliphatic rings. The summed E-state index contributed by atoms with van der Waals surface area (Å²) in [6.45, 7) is 2.09. The van der Waals surface area contributed by atoms with Gasteiger partial charge in [-0.1, -0.05) is 24.6 Å². The lowest BCUT2D eigenvalue weighted by atomic mass is 10.3. The van der Waals surface area contributed by atoms with Gasteiger partial charge >= 0.3 is 0 Å². The third-order valence-corrected chi connectivity index (χ3v) is 4.91. The Morgan fingerprint density at radius 2 is 2.15 bits per heavy atom. The molecular formula is C14H16ClN3S2. The highest BCUT2D eigenvalue weighted by molar-refractivity contribution is 7.98. The minimum atomic E-state index is 0.214. The first-order chi connectivity index (χ1) is 9.62. The van der Waals surface area contributed by atoms with Crippen molar-refractivity contribution in [3.05, 3.63) is 39.5 Å². The fourth-order valence-corrected chi connectivity index (χ4v) is 3.32. The molecule has 0 fully saturated rings. The molecule has 0 saturated carbocycles. The zero-order valence-corrected chi connectivity index (χ0v) is 13.7. The Kier molecular flexibility index (Phi) is 5.34. The standard InChI is InChI=1S/C14H16ClN3S2/c1-3-10-8-12(13(15)20-10)18-14(16)17-9-5-4-6-11(7-9)19-2/h4-8H,3H2,1-2H3,(H3,16,17,18). The Balaban J connectivity index is 2.02. The summed E-state index contributed by atoms with van der Waals surface area (Å²) in [4.78, 5) is 2.36. The molecule has 0 radical (unpaired) electrons. The van der Waals surface area contributed by atoms with Gasteiger partial charge < -0.3 is 10.6 Å². The van der Waals surface area contributed by atoms with Gasteiger partial charge in [-0.25, -0.2) is 0 Å². The molecule has 0 amide bonds. The second kappa shape index (κ2) is 7.02. The smallest absolute Gasteiger partial charge is 0.197 e. The molecule has 0 atom stereocenters. The number of anilines is 2. The first-order valence-corrected chi connectivity index (χ1v) is 8.59. The van der Waals surface area contributed by atoms with Crippen LogP contribution < -0.4 is 10.6 Å². The van der Waals surface area contributed by atoms with Crippen molar-refractivity contribution in [1.82, 2.24) is 0 Å². The van der Waals surface area contributed by atoms with E-state index in [4.69, 9.17) is 17.0 Å². The Morgan fingerprint density at radius 3 is 2.80 bits per heavy atom. The Labute approximate surface area is 132 Å². The number of nitrogens with one attached hydrogen (secondary N) is 3. The van der Waals surface area contributed by atoms with Crippen LogP contribution in [0.3, 0.4) is 0 Å². The Bertz CT molecular complexity index is 610. The van der Waals surface area contributed by atoms with Crippen molar-refractivity contribution in [3.8, 4) is 0 Å². The van der Waals surface area contributed by atoms with E-state index in [1.165, 1.54) is 4.88 Å². The first-order valence-electron chi connectivity index (χ1n) is 6.17. The quantitative estimate of drug-likeness (QED) is 0.414. The van der Waals surface area contributed by atoms with Crippen LogP contribution >= 0.6 is 34.7 Å². The van der Waals surface area contributed by atoms with Gasteiger partial charge in [0.2, 0.25) is 0 Å². The van der Waals surface area contributed by atoms with Crippen LogP contribution in [0.15, 0.2) is 35.2 Å². The van der Waals surface area contributed by atoms with Crippen LogP contribution in [0.25, 0.3) is 0 Å². The van der Waals surface area contributed by atoms with Crippen molar-refractivity contribution in [2.75, 3.05) is 16.9 Å². The molecule has 0 aliphatic carbocycles. The highest BCUT2D eigenvalue weighted by Crippen LogP contribution is 2.32. The fourth-order valence-electron chi connectivity index (χ4n) is 1.69. The van der Waals surface area contributed by atoms with Crippen LogP contribution in [0.1, 0.15) is 11.8 Å². The summed E-state index contributed by atoms with van der Waals surface area (Å²) in [5.41, 5.74) is 1.67. The molecule has 2 rings (SSSR count). The van der Waals surface area contributed by atoms with Gasteiger partial charge in [-0.2, -0.15) is 0 Å². The minimum absolute atomic E-state index is 0.214. The van der Waals surface area contributed by atoms with E-state index in [1.54, 1.807) is 23.1 Å². The van der Waals surface area contributed by atoms with Gasteiger partial charge in [0.25, 0.3) is 0 Å². The lowest BCUT2D eigenvalue weighted by Crippen LogP contribution is -2.20. The highest BCUT2D eigenvalue weighted by Gasteiger charge is 2.08. The number of hydrogen-bond acceptors (Lipinski definition) is 3. The summed E-state index contributed by atoms with van der Waals surface area (Å²) >= 11 is 9.36. The van der Waals surface area contributed by atoms with Gasteiger partial charge in [0.05, 0.1) is 5.69 Å². The summed E-state index contributed by atoms with van der Waals surface area (Å²) in [7, 11) is 0. The predicted octanol–water partition coefficient (Wildman–Crippen LogP) is 5.14. The average molecular weight is 326 g/mol. The zero-order valence-electron chi connectivity index (χ0n) is 11.3. The molecular weight excluding hydrogens is 310 g/mol. The SMILES string of the molecule is CCc1cc(NC(=N)Nc2cccc(SC)c2)c(Cl)s1. The summed E-state index contributed by atoms with van der Waals surface area (Å²) in [5.74, 6) is 0.214. The van der Waals surface area contributed by atoms with Gasteiger partial charge in [-0.3, -0.25) is 5.41 Å². The first kappa shape index (κ1) is 15.2. The Hall–Kier alpha value is -1.17. The van der Waals surface area contributed by atoms with E-state index in [-0.39, 0.29) is 5.96 Å². The van der Waals surface area contributed by atoms with E-state index < -0.39 is 0 Å². The molecule has 3 N–H and O–H groups in total. The van der Waals surface area contributed by atoms with Crippen molar-refractivity contribution in [3.63, 3.8) is 0 Å². The number of thioether (sulfide) groups is 1. The van der Waals surface area contributed by atoms with E-state index in [0.29, 0.717) is 4.34 Å². The summed E-state index contributed by atoms with van der Waals surface area (Å²) in [6.07, 6.45) is 2.97. The molecule has 2 aromatic rings. The second-order valence-electron chi connectivity index (χ2n) is 4.11. The minimum Gasteiger partial charge on any atom is -0.326 e. The summed E-state index contributed by atoms with van der Waals surface area (Å²) in [5, 5.41) is 14.0. The molecule has 6 heteroatoms. The van der Waals surface area contributed by atoms with E-state index in [2.05, 4.69) is 17.6 Å². The fraction of sp³-hybridized carbons (Fsp3) is 0.214. The molecule has 1 aromatic carbocycles. The van der Waals surface area contributed by atoms with Crippen LogP contribution in [-0.2, 0) is 6.42 Å². The molecule has 0 bridgehead atoms. The third kappa shape index (κ3) is 3.91. The lowest BCUT2D eigenvalue weighted by molar-refractivity contribution is 1.19. The molecule has 3 nitrogen and oxygen atoms in total. The number of guanidine groups is 1. The zero-order chi connectivity index (χ0) is 14.5. The predicted molar refractivity (Wildman–Crippen MR) is 91.9 cm³/mol. The van der Waals surface area contributed by atoms with Gasteiger partial charge in [0.15, 0.2) is 5.96 Å².